The summed E-state index contributed by atoms with van der Waals surface area (Å²) in [6, 6.07) is 15.9. The minimum absolute atomic E-state index is 0.174. The smallest absolute Gasteiger partial charge is 0.167 e. The Bertz CT molecular complexity index is 1950. The van der Waals surface area contributed by atoms with Crippen LogP contribution in [0.4, 0.5) is 5.82 Å². The molecule has 1 saturated heterocycles. The standard InChI is InChI=1S/C30H27N5O6/c31-28-23-29(33-10-32-28)35(11-34-23)30-22(25(38)17(9-36)41-30)21-20-15-7-6-13-3-1-2-12-4-5-14(19(15)18(12)13)8-16(20)24(37)27(40)26(21)39/h1-8,10-11,17,21-22,24-27,30,36-40H,9H2,(H2,31,32,33)/t17-,21-,22-,24+,25-,26+,27-,30-/m1/s1. The maximum Gasteiger partial charge on any atom is 0.167 e. The molecule has 0 spiro atoms. The van der Waals surface area contributed by atoms with Gasteiger partial charge in [-0.25, -0.2) is 15.0 Å². The number of ether oxygens (including phenoxy) is 1. The van der Waals surface area contributed by atoms with E-state index in [9.17, 15) is 25.5 Å². The van der Waals surface area contributed by atoms with Gasteiger partial charge >= 0.3 is 0 Å². The Balaban J connectivity index is 1.41. The molecule has 7 N–H and O–H groups in total. The Morgan fingerprint density at radius 1 is 0.854 bits per heavy atom. The van der Waals surface area contributed by atoms with Gasteiger partial charge < -0.3 is 36.0 Å². The topological polar surface area (TPSA) is 180 Å². The number of hydrogen-bond donors (Lipinski definition) is 6. The molecule has 0 bridgehead atoms. The van der Waals surface area contributed by atoms with E-state index >= 15 is 0 Å². The highest BCUT2D eigenvalue weighted by Crippen LogP contribution is 2.54. The molecule has 4 aromatic carbocycles. The minimum atomic E-state index is -1.53. The van der Waals surface area contributed by atoms with Crippen molar-refractivity contribution >= 4 is 49.3 Å². The van der Waals surface area contributed by atoms with Gasteiger partial charge in [0.05, 0.1) is 25.1 Å². The third kappa shape index (κ3) is 3.27. The van der Waals surface area contributed by atoms with E-state index in [0.29, 0.717) is 22.3 Å². The molecule has 1 aliphatic heterocycles. The van der Waals surface area contributed by atoms with Gasteiger partial charge in [-0.3, -0.25) is 4.57 Å². The van der Waals surface area contributed by atoms with Gasteiger partial charge in [-0.15, -0.1) is 0 Å². The van der Waals surface area contributed by atoms with Gasteiger partial charge in [0.1, 0.15) is 36.4 Å². The molecule has 1 aliphatic carbocycles. The van der Waals surface area contributed by atoms with E-state index in [2.05, 4.69) is 15.0 Å². The summed E-state index contributed by atoms with van der Waals surface area (Å²) in [4.78, 5) is 12.7. The predicted octanol–water partition coefficient (Wildman–Crippen LogP) is 1.73. The van der Waals surface area contributed by atoms with Crippen molar-refractivity contribution in [2.24, 2.45) is 5.92 Å². The van der Waals surface area contributed by atoms with Crippen molar-refractivity contribution in [1.29, 1.82) is 0 Å². The second kappa shape index (κ2) is 8.76. The normalized spacial score (nSPS) is 30.2. The van der Waals surface area contributed by atoms with Crippen LogP contribution in [0.25, 0.3) is 43.5 Å². The number of anilines is 1. The SMILES string of the molecule is Nc1ncnc2c1ncn2[C@@H]1O[C@H](CO)[C@@H](O)[C@H]1[C@H]1c2c(cc3ccc4cccc5ccc2c3c45)[C@H](O)[C@@H](O)[C@H]1O. The summed E-state index contributed by atoms with van der Waals surface area (Å²) >= 11 is 0. The van der Waals surface area contributed by atoms with Gasteiger partial charge in [0, 0.05) is 11.8 Å². The Morgan fingerprint density at radius 2 is 1.61 bits per heavy atom. The highest BCUT2D eigenvalue weighted by Gasteiger charge is 2.55. The molecule has 3 heterocycles. The summed E-state index contributed by atoms with van der Waals surface area (Å²) in [6.07, 6.45) is -4.75. The van der Waals surface area contributed by atoms with Crippen molar-refractivity contribution in [3.8, 4) is 0 Å². The molecule has 11 heteroatoms. The van der Waals surface area contributed by atoms with Crippen LogP contribution in [-0.2, 0) is 4.74 Å². The lowest BCUT2D eigenvalue weighted by molar-refractivity contribution is -0.101. The molecule has 8 rings (SSSR count). The average Bonchev–Trinajstić information content (AvgIpc) is 3.56. The van der Waals surface area contributed by atoms with Gasteiger partial charge in [-0.05, 0) is 49.5 Å². The van der Waals surface area contributed by atoms with Crippen LogP contribution in [0.2, 0.25) is 0 Å². The summed E-state index contributed by atoms with van der Waals surface area (Å²) in [5.41, 5.74) is 7.82. The predicted molar refractivity (Wildman–Crippen MR) is 150 cm³/mol. The number of fused-ring (bicyclic) bond motifs is 3. The van der Waals surface area contributed by atoms with Gasteiger partial charge in [0.25, 0.3) is 0 Å². The number of nitrogens with zero attached hydrogens (tertiary/aromatic N) is 4. The number of aromatic nitrogens is 4. The monoisotopic (exact) mass is 553 g/mol. The Labute approximate surface area is 232 Å². The van der Waals surface area contributed by atoms with Crippen LogP contribution in [0.1, 0.15) is 29.4 Å². The molecule has 2 aliphatic rings. The van der Waals surface area contributed by atoms with Crippen LogP contribution < -0.4 is 5.73 Å². The minimum Gasteiger partial charge on any atom is -0.394 e. The van der Waals surface area contributed by atoms with Crippen LogP contribution in [0.3, 0.4) is 0 Å². The third-order valence-electron chi connectivity index (χ3n) is 9.09. The zero-order chi connectivity index (χ0) is 28.2. The van der Waals surface area contributed by atoms with Gasteiger partial charge in [0.15, 0.2) is 11.5 Å². The molecule has 8 atom stereocenters. The number of nitrogen functional groups attached to an aromatic ring is 1. The fraction of sp³-hybridized carbons (Fsp3) is 0.300. The first-order valence-electron chi connectivity index (χ1n) is 13.5. The molecule has 0 amide bonds. The summed E-state index contributed by atoms with van der Waals surface area (Å²) in [7, 11) is 0. The fourth-order valence-electron chi connectivity index (χ4n) is 7.26. The molecule has 0 unspecified atom stereocenters. The first-order chi connectivity index (χ1) is 19.9. The maximum absolute atomic E-state index is 11.7. The molecule has 6 aromatic rings. The molecule has 208 valence electrons. The molecule has 41 heavy (non-hydrogen) atoms. The van der Waals surface area contributed by atoms with Crippen molar-refractivity contribution in [3.63, 3.8) is 0 Å². The van der Waals surface area contributed by atoms with E-state index in [4.69, 9.17) is 10.5 Å². The highest BCUT2D eigenvalue weighted by atomic mass is 16.5. The van der Waals surface area contributed by atoms with Crippen molar-refractivity contribution < 1.29 is 30.3 Å². The molecule has 2 aromatic heterocycles. The fourth-order valence-corrected chi connectivity index (χ4v) is 7.26. The van der Waals surface area contributed by atoms with E-state index in [-0.39, 0.29) is 5.82 Å². The zero-order valence-electron chi connectivity index (χ0n) is 21.6. The first-order valence-corrected chi connectivity index (χ1v) is 13.5. The Hall–Kier alpha value is -3.97. The Kier molecular flexibility index (Phi) is 5.30. The van der Waals surface area contributed by atoms with Crippen molar-refractivity contribution in [2.45, 2.75) is 42.7 Å². The number of hydrogen-bond acceptors (Lipinski definition) is 10. The third-order valence-corrected chi connectivity index (χ3v) is 9.09. The van der Waals surface area contributed by atoms with Crippen LogP contribution in [-0.4, -0.2) is 76.1 Å². The second-order valence-electron chi connectivity index (χ2n) is 11.1. The number of rotatable bonds is 3. The maximum atomic E-state index is 11.7. The number of benzene rings is 4. The summed E-state index contributed by atoms with van der Waals surface area (Å²) < 4.78 is 7.81. The molecule has 1 fully saturated rings. The van der Waals surface area contributed by atoms with Crippen LogP contribution >= 0.6 is 0 Å². The molecule has 0 saturated carbocycles. The largest absolute Gasteiger partial charge is 0.394 e. The van der Waals surface area contributed by atoms with Gasteiger partial charge in [-0.2, -0.15) is 0 Å². The number of nitrogens with two attached hydrogens (primary N) is 1. The average molecular weight is 554 g/mol. The van der Waals surface area contributed by atoms with Gasteiger partial charge in [0.2, 0.25) is 0 Å². The second-order valence-corrected chi connectivity index (χ2v) is 11.1. The lowest BCUT2D eigenvalue weighted by atomic mass is 9.67. The lowest BCUT2D eigenvalue weighted by Gasteiger charge is -2.43. The number of aliphatic hydroxyl groups is 5. The lowest BCUT2D eigenvalue weighted by Crippen LogP contribution is -2.48. The van der Waals surface area contributed by atoms with Gasteiger partial charge in [-0.1, -0.05) is 42.5 Å². The quantitative estimate of drug-likeness (QED) is 0.177. The molecule has 11 nitrogen and oxygen atoms in total. The molecular weight excluding hydrogens is 526 g/mol. The molecular formula is C30H27N5O6. The van der Waals surface area contributed by atoms with Crippen molar-refractivity contribution in [3.05, 3.63) is 72.3 Å². The Morgan fingerprint density at radius 3 is 2.39 bits per heavy atom. The van der Waals surface area contributed by atoms with E-state index < -0.39 is 55.2 Å². The van der Waals surface area contributed by atoms with Crippen LogP contribution in [0, 0.1) is 5.92 Å². The van der Waals surface area contributed by atoms with Crippen molar-refractivity contribution in [2.75, 3.05) is 12.3 Å². The van der Waals surface area contributed by atoms with E-state index in [1.807, 2.05) is 48.5 Å². The molecule has 0 radical (unpaired) electrons. The van der Waals surface area contributed by atoms with Crippen molar-refractivity contribution in [1.82, 2.24) is 19.5 Å². The van der Waals surface area contributed by atoms with Crippen LogP contribution in [0.15, 0.2) is 61.2 Å². The number of imidazole rings is 1. The summed E-state index contributed by atoms with van der Waals surface area (Å²) in [5, 5.41) is 61.6. The van der Waals surface area contributed by atoms with Crippen LogP contribution in [0.5, 0.6) is 0 Å². The van der Waals surface area contributed by atoms with E-state index in [1.165, 1.54) is 12.7 Å². The summed E-state index contributed by atoms with van der Waals surface area (Å²) in [6.45, 7) is -0.475. The summed E-state index contributed by atoms with van der Waals surface area (Å²) in [5.74, 6) is -1.61. The first kappa shape index (κ1) is 24.8. The van der Waals surface area contributed by atoms with E-state index in [0.717, 1.165) is 32.3 Å². The number of aliphatic hydroxyl groups excluding tert-OH is 5. The highest BCUT2D eigenvalue weighted by molar-refractivity contribution is 6.24. The zero-order valence-corrected chi connectivity index (χ0v) is 21.6. The van der Waals surface area contributed by atoms with E-state index in [1.54, 1.807) is 4.57 Å².